The van der Waals surface area contributed by atoms with Gasteiger partial charge in [0.25, 0.3) is 5.89 Å². The molecule has 3 aromatic rings. The number of rotatable bonds is 7. The molecule has 3 heterocycles. The molecule has 5 rings (SSSR count). The van der Waals surface area contributed by atoms with Crippen molar-refractivity contribution in [2.24, 2.45) is 5.41 Å². The predicted molar refractivity (Wildman–Crippen MR) is 130 cm³/mol. The number of para-hydroxylation sites is 1. The molecule has 2 fully saturated rings. The van der Waals surface area contributed by atoms with Crippen LogP contribution in [-0.4, -0.2) is 49.1 Å². The highest BCUT2D eigenvalue weighted by Crippen LogP contribution is 2.37. The first kappa shape index (κ1) is 25.5. The van der Waals surface area contributed by atoms with E-state index in [2.05, 4.69) is 15.5 Å². The summed E-state index contributed by atoms with van der Waals surface area (Å²) in [7, 11) is -3.76. The van der Waals surface area contributed by atoms with E-state index in [1.807, 2.05) is 18.2 Å². The Morgan fingerprint density at radius 3 is 2.23 bits per heavy atom. The smallest absolute Gasteiger partial charge is 0.314 e. The van der Waals surface area contributed by atoms with Crippen LogP contribution in [0, 0.1) is 5.41 Å². The summed E-state index contributed by atoms with van der Waals surface area (Å²) in [5.41, 5.74) is 2.03. The maximum Gasteiger partial charge on any atom is 0.314 e. The molecule has 2 aromatic carbocycles. The van der Waals surface area contributed by atoms with Gasteiger partial charge >= 0.3 is 16.6 Å². The number of anilines is 1. The number of piperidine rings is 1. The number of benzene rings is 2. The van der Waals surface area contributed by atoms with Crippen LogP contribution in [0.5, 0.6) is 0 Å². The van der Waals surface area contributed by atoms with Crippen LogP contribution in [0.1, 0.15) is 30.7 Å². The van der Waals surface area contributed by atoms with Crippen LogP contribution < -0.4 is 9.62 Å². The average molecular weight is 526 g/mol. The van der Waals surface area contributed by atoms with Crippen LogP contribution >= 0.6 is 12.4 Å². The molecule has 12 heteroatoms. The van der Waals surface area contributed by atoms with Gasteiger partial charge in [-0.2, -0.15) is 21.5 Å². The molecule has 1 aromatic heterocycles. The zero-order chi connectivity index (χ0) is 23.8. The van der Waals surface area contributed by atoms with Crippen molar-refractivity contribution in [1.29, 1.82) is 0 Å². The van der Waals surface area contributed by atoms with Crippen LogP contribution in [0.3, 0.4) is 0 Å². The Hall–Kier alpha value is -2.60. The lowest BCUT2D eigenvalue weighted by Gasteiger charge is -2.48. The highest BCUT2D eigenvalue weighted by Gasteiger charge is 2.43. The summed E-state index contributed by atoms with van der Waals surface area (Å²) in [6.07, 6.45) is -1.14. The van der Waals surface area contributed by atoms with Crippen molar-refractivity contribution in [1.82, 2.24) is 19.8 Å². The quantitative estimate of drug-likeness (QED) is 0.501. The van der Waals surface area contributed by atoms with E-state index in [1.54, 1.807) is 40.7 Å². The van der Waals surface area contributed by atoms with Gasteiger partial charge < -0.3 is 9.73 Å². The summed E-state index contributed by atoms with van der Waals surface area (Å²) in [5.74, 6) is -0.747. The monoisotopic (exact) mass is 525 g/mol. The van der Waals surface area contributed by atoms with Gasteiger partial charge in [-0.3, -0.25) is 4.31 Å². The Morgan fingerprint density at radius 2 is 1.69 bits per heavy atom. The van der Waals surface area contributed by atoms with E-state index in [0.717, 1.165) is 31.5 Å². The molecule has 2 aliphatic heterocycles. The molecular weight excluding hydrogens is 500 g/mol. The number of nitrogens with one attached hydrogen (secondary N) is 1. The fourth-order valence-electron chi connectivity index (χ4n) is 4.42. The standard InChI is InChI=1S/C23H25F2N5O3S.ClH/c24-20(25)22-28-27-21(33-22)18-8-6-17(7-9-18)14-30(19-4-2-1-3-5-19)34(31,32)29-12-10-23(11-13-29)15-26-16-23;/h1-9,20,26H,10-16H2;1H. The van der Waals surface area contributed by atoms with Crippen LogP contribution in [0.2, 0.25) is 0 Å². The summed E-state index contributed by atoms with van der Waals surface area (Å²) in [4.78, 5) is 0. The number of nitrogens with zero attached hydrogens (tertiary/aromatic N) is 4. The summed E-state index contributed by atoms with van der Waals surface area (Å²) >= 11 is 0. The van der Waals surface area contributed by atoms with Gasteiger partial charge in [0.05, 0.1) is 12.2 Å². The number of aromatic nitrogens is 2. The molecule has 35 heavy (non-hydrogen) atoms. The molecule has 0 amide bonds. The minimum Gasteiger partial charge on any atom is -0.415 e. The average Bonchev–Trinajstić information content (AvgIpc) is 3.33. The lowest BCUT2D eigenvalue weighted by atomic mass is 9.74. The van der Waals surface area contributed by atoms with Crippen LogP contribution in [0.25, 0.3) is 11.5 Å². The number of hydrogen-bond acceptors (Lipinski definition) is 6. The van der Waals surface area contributed by atoms with E-state index in [4.69, 9.17) is 4.42 Å². The Morgan fingerprint density at radius 1 is 1.03 bits per heavy atom. The fourth-order valence-corrected chi connectivity index (χ4v) is 6.04. The summed E-state index contributed by atoms with van der Waals surface area (Å²) in [5, 5.41) is 10.3. The number of halogens is 3. The van der Waals surface area contributed by atoms with Gasteiger partial charge in [0.1, 0.15) is 0 Å². The van der Waals surface area contributed by atoms with E-state index < -0.39 is 22.5 Å². The van der Waals surface area contributed by atoms with Crippen molar-refractivity contribution < 1.29 is 21.6 Å². The zero-order valence-corrected chi connectivity index (χ0v) is 20.4. The van der Waals surface area contributed by atoms with Crippen molar-refractivity contribution >= 4 is 28.3 Å². The SMILES string of the molecule is Cl.O=S(=O)(N1CCC2(CC1)CNC2)N(Cc1ccc(-c2nnc(C(F)F)o2)cc1)c1ccccc1. The van der Waals surface area contributed by atoms with E-state index in [0.29, 0.717) is 24.3 Å². The summed E-state index contributed by atoms with van der Waals surface area (Å²) in [6, 6.07) is 15.8. The van der Waals surface area contributed by atoms with Gasteiger partial charge in [0.15, 0.2) is 0 Å². The van der Waals surface area contributed by atoms with Crippen LogP contribution in [-0.2, 0) is 16.8 Å². The number of hydrogen-bond donors (Lipinski definition) is 1. The van der Waals surface area contributed by atoms with Crippen molar-refractivity contribution in [3.63, 3.8) is 0 Å². The van der Waals surface area contributed by atoms with Crippen molar-refractivity contribution in [3.05, 3.63) is 66.1 Å². The third-order valence-corrected chi connectivity index (χ3v) is 8.50. The number of alkyl halides is 2. The highest BCUT2D eigenvalue weighted by atomic mass is 35.5. The van der Waals surface area contributed by atoms with Gasteiger partial charge in [-0.15, -0.1) is 22.6 Å². The normalized spacial score (nSPS) is 17.7. The second-order valence-corrected chi connectivity index (χ2v) is 10.6. The highest BCUT2D eigenvalue weighted by molar-refractivity contribution is 7.90. The first-order valence-electron chi connectivity index (χ1n) is 11.1. The molecule has 0 atom stereocenters. The Balaban J connectivity index is 0.00000289. The molecule has 188 valence electrons. The second-order valence-electron chi connectivity index (χ2n) is 8.80. The fraction of sp³-hybridized carbons (Fsp3) is 0.391. The van der Waals surface area contributed by atoms with Crippen LogP contribution in [0.4, 0.5) is 14.5 Å². The maximum atomic E-state index is 13.7. The van der Waals surface area contributed by atoms with Gasteiger partial charge in [-0.25, -0.2) is 0 Å². The van der Waals surface area contributed by atoms with Gasteiger partial charge in [-0.1, -0.05) is 30.3 Å². The molecule has 0 bridgehead atoms. The largest absolute Gasteiger partial charge is 0.415 e. The maximum absolute atomic E-state index is 13.7. The Bertz CT molecular complexity index is 1230. The second kappa shape index (κ2) is 10.2. The van der Waals surface area contributed by atoms with Crippen molar-refractivity contribution in [2.75, 3.05) is 30.5 Å². The van der Waals surface area contributed by atoms with E-state index in [9.17, 15) is 17.2 Å². The van der Waals surface area contributed by atoms with Crippen molar-refractivity contribution in [3.8, 4) is 11.5 Å². The van der Waals surface area contributed by atoms with Gasteiger partial charge in [-0.05, 0) is 48.1 Å². The molecule has 8 nitrogen and oxygen atoms in total. The molecule has 1 spiro atoms. The van der Waals surface area contributed by atoms with E-state index >= 15 is 0 Å². The topological polar surface area (TPSA) is 91.6 Å². The zero-order valence-electron chi connectivity index (χ0n) is 18.8. The lowest BCUT2D eigenvalue weighted by molar-refractivity contribution is 0.0869. The molecule has 2 aliphatic rings. The molecule has 1 N–H and O–H groups in total. The molecule has 0 saturated carbocycles. The third kappa shape index (κ3) is 5.18. The minimum atomic E-state index is -3.76. The molecule has 0 unspecified atom stereocenters. The Kier molecular flexibility index (Phi) is 7.41. The van der Waals surface area contributed by atoms with Gasteiger partial charge in [0.2, 0.25) is 5.89 Å². The lowest BCUT2D eigenvalue weighted by Crippen LogP contribution is -2.59. The first-order chi connectivity index (χ1) is 16.4. The summed E-state index contributed by atoms with van der Waals surface area (Å²) in [6.45, 7) is 3.02. The van der Waals surface area contributed by atoms with Gasteiger partial charge in [0, 0.05) is 31.7 Å². The van der Waals surface area contributed by atoms with Crippen LogP contribution in [0.15, 0.2) is 59.0 Å². The minimum absolute atomic E-state index is 0. The summed E-state index contributed by atoms with van der Waals surface area (Å²) < 4.78 is 60.8. The molecular formula is C23H26ClF2N5O3S. The molecule has 2 saturated heterocycles. The molecule has 0 radical (unpaired) electrons. The molecule has 0 aliphatic carbocycles. The third-order valence-electron chi connectivity index (χ3n) is 6.59. The van der Waals surface area contributed by atoms with E-state index in [1.165, 1.54) is 4.31 Å². The first-order valence-corrected chi connectivity index (χ1v) is 12.5. The van der Waals surface area contributed by atoms with E-state index in [-0.39, 0.29) is 30.3 Å². The Labute approximate surface area is 208 Å². The van der Waals surface area contributed by atoms with Crippen molar-refractivity contribution in [2.45, 2.75) is 25.8 Å². The predicted octanol–water partition coefficient (Wildman–Crippen LogP) is 4.03.